The molecule has 0 saturated carbocycles. The van der Waals surface area contributed by atoms with E-state index in [1.54, 1.807) is 43.0 Å². The van der Waals surface area contributed by atoms with Gasteiger partial charge in [0.2, 0.25) is 15.9 Å². The molecule has 1 fully saturated rings. The Bertz CT molecular complexity index is 761. The summed E-state index contributed by atoms with van der Waals surface area (Å²) in [6.07, 6.45) is 0.255. The minimum absolute atomic E-state index is 0.0286. The maximum Gasteiger partial charge on any atom is 0.281 e. The lowest BCUT2D eigenvalue weighted by molar-refractivity contribution is -0.121. The van der Waals surface area contributed by atoms with Gasteiger partial charge in [-0.2, -0.15) is 4.31 Å². The number of hydrogen-bond donors (Lipinski definition) is 1. The molecule has 7 nitrogen and oxygen atoms in total. The molecule has 27 heavy (non-hydrogen) atoms. The fraction of sp³-hybridized carbons (Fsp3) is 0.556. The van der Waals surface area contributed by atoms with Crippen molar-refractivity contribution in [3.63, 3.8) is 0 Å². The monoisotopic (exact) mass is 413 g/mol. The summed E-state index contributed by atoms with van der Waals surface area (Å²) in [5.41, 5.74) is 0.828. The number of sulfonamides is 1. The normalized spacial score (nSPS) is 16.0. The molecule has 1 unspecified atom stereocenters. The first-order valence-corrected chi connectivity index (χ1v) is 11.5. The second-order valence-electron chi connectivity index (χ2n) is 6.30. The third-order valence-electron chi connectivity index (χ3n) is 4.55. The predicted octanol–water partition coefficient (Wildman–Crippen LogP) is 2.45. The van der Waals surface area contributed by atoms with Gasteiger partial charge in [-0.25, -0.2) is 8.42 Å². The van der Waals surface area contributed by atoms with Crippen molar-refractivity contribution in [2.75, 3.05) is 31.9 Å². The Morgan fingerprint density at radius 2 is 1.89 bits per heavy atom. The first kappa shape index (κ1) is 21.7. The molecule has 1 saturated heterocycles. The second kappa shape index (κ2) is 9.57. The van der Waals surface area contributed by atoms with Gasteiger partial charge in [-0.15, -0.1) is 0 Å². The summed E-state index contributed by atoms with van der Waals surface area (Å²) >= 11 is 1.28. The third kappa shape index (κ3) is 5.46. The molecular formula is C18H27N3O4S2. The lowest BCUT2D eigenvalue weighted by Crippen LogP contribution is -2.32. The van der Waals surface area contributed by atoms with Crippen molar-refractivity contribution in [3.8, 4) is 0 Å². The van der Waals surface area contributed by atoms with Gasteiger partial charge < -0.3 is 10.2 Å². The number of amides is 2. The van der Waals surface area contributed by atoms with E-state index in [1.807, 2.05) is 6.92 Å². The molecule has 1 aliphatic rings. The lowest BCUT2D eigenvalue weighted by atomic mass is 10.1. The number of nitrogens with zero attached hydrogens (tertiary/aromatic N) is 2. The van der Waals surface area contributed by atoms with E-state index in [0.717, 1.165) is 11.3 Å². The number of carbonyl (C=O) groups excluding carboxylic acids is 2. The minimum atomic E-state index is -3.48. The quantitative estimate of drug-likeness (QED) is 0.672. The van der Waals surface area contributed by atoms with Crippen LogP contribution in [0.25, 0.3) is 0 Å². The molecule has 1 aromatic rings. The molecule has 0 radical (unpaired) electrons. The number of carbonyl (C=O) groups is 2. The van der Waals surface area contributed by atoms with E-state index < -0.39 is 10.0 Å². The van der Waals surface area contributed by atoms with E-state index in [0.29, 0.717) is 26.2 Å². The number of rotatable bonds is 9. The standard InChI is InChI=1S/C18H27N3O4S2/c1-4-21(5-2)27(24,25)16-8-6-15(7-9-16)14(3)19-17(22)10-11-20-12-13-26-18(20)23/h6-9,14H,4-5,10-13H2,1-3H3,(H,19,22). The van der Waals surface area contributed by atoms with E-state index in [4.69, 9.17) is 0 Å². The maximum atomic E-state index is 12.5. The highest BCUT2D eigenvalue weighted by Gasteiger charge is 2.23. The largest absolute Gasteiger partial charge is 0.350 e. The van der Waals surface area contributed by atoms with Gasteiger partial charge in [0.05, 0.1) is 10.9 Å². The van der Waals surface area contributed by atoms with Crippen LogP contribution in [0.4, 0.5) is 4.79 Å². The molecule has 1 aromatic carbocycles. The molecular weight excluding hydrogens is 386 g/mol. The Labute approximate surface area is 165 Å². The highest BCUT2D eigenvalue weighted by atomic mass is 32.2. The van der Waals surface area contributed by atoms with Crippen LogP contribution in [0.3, 0.4) is 0 Å². The molecule has 9 heteroatoms. The van der Waals surface area contributed by atoms with Crippen LogP contribution in [-0.2, 0) is 14.8 Å². The first-order valence-electron chi connectivity index (χ1n) is 9.10. The molecule has 0 bridgehead atoms. The van der Waals surface area contributed by atoms with Crippen molar-refractivity contribution in [2.24, 2.45) is 0 Å². The van der Waals surface area contributed by atoms with Gasteiger partial charge in [-0.1, -0.05) is 37.7 Å². The first-order chi connectivity index (χ1) is 12.8. The molecule has 1 N–H and O–H groups in total. The summed E-state index contributed by atoms with van der Waals surface area (Å²) in [6, 6.07) is 6.35. The van der Waals surface area contributed by atoms with E-state index >= 15 is 0 Å². The number of thioether (sulfide) groups is 1. The van der Waals surface area contributed by atoms with Crippen LogP contribution in [0.15, 0.2) is 29.2 Å². The Morgan fingerprint density at radius 1 is 1.26 bits per heavy atom. The molecule has 1 atom stereocenters. The smallest absolute Gasteiger partial charge is 0.281 e. The van der Waals surface area contributed by atoms with Gasteiger partial charge >= 0.3 is 0 Å². The summed E-state index contributed by atoms with van der Waals surface area (Å²) in [5.74, 6) is 0.645. The summed E-state index contributed by atoms with van der Waals surface area (Å²) in [6.45, 7) is 7.42. The van der Waals surface area contributed by atoms with Gasteiger partial charge in [0.25, 0.3) is 5.24 Å². The van der Waals surface area contributed by atoms with Crippen molar-refractivity contribution < 1.29 is 18.0 Å². The Balaban J connectivity index is 1.93. The Kier molecular flexibility index (Phi) is 7.69. The molecule has 2 rings (SSSR count). The average molecular weight is 414 g/mol. The van der Waals surface area contributed by atoms with Crippen LogP contribution in [0, 0.1) is 0 Å². The molecule has 1 heterocycles. The van der Waals surface area contributed by atoms with Crippen LogP contribution in [0.5, 0.6) is 0 Å². The highest BCUT2D eigenvalue weighted by molar-refractivity contribution is 8.13. The van der Waals surface area contributed by atoms with Crippen molar-refractivity contribution in [3.05, 3.63) is 29.8 Å². The van der Waals surface area contributed by atoms with Crippen LogP contribution in [0.1, 0.15) is 38.8 Å². The van der Waals surface area contributed by atoms with Gasteiger partial charge in [0.1, 0.15) is 0 Å². The number of nitrogens with one attached hydrogen (secondary N) is 1. The number of benzene rings is 1. The summed E-state index contributed by atoms with van der Waals surface area (Å²) in [7, 11) is -3.48. The average Bonchev–Trinajstić information content (AvgIpc) is 3.05. The third-order valence-corrected chi connectivity index (χ3v) is 7.51. The van der Waals surface area contributed by atoms with Crippen LogP contribution >= 0.6 is 11.8 Å². The molecule has 0 spiro atoms. The predicted molar refractivity (Wildman–Crippen MR) is 107 cm³/mol. The van der Waals surface area contributed by atoms with Crippen LogP contribution in [0.2, 0.25) is 0 Å². The van der Waals surface area contributed by atoms with Crippen LogP contribution in [-0.4, -0.2) is 60.7 Å². The van der Waals surface area contributed by atoms with Gasteiger partial charge in [0, 0.05) is 38.4 Å². The van der Waals surface area contributed by atoms with Crippen molar-refractivity contribution in [2.45, 2.75) is 38.1 Å². The zero-order valence-corrected chi connectivity index (χ0v) is 17.6. The van der Waals surface area contributed by atoms with Crippen LogP contribution < -0.4 is 5.32 Å². The van der Waals surface area contributed by atoms with E-state index in [9.17, 15) is 18.0 Å². The Hall–Kier alpha value is -1.58. The lowest BCUT2D eigenvalue weighted by Gasteiger charge is -2.20. The van der Waals surface area contributed by atoms with Gasteiger partial charge in [0.15, 0.2) is 0 Å². The maximum absolute atomic E-state index is 12.5. The Morgan fingerprint density at radius 3 is 2.41 bits per heavy atom. The second-order valence-corrected chi connectivity index (χ2v) is 9.28. The molecule has 1 aliphatic heterocycles. The molecule has 0 aromatic heterocycles. The zero-order chi connectivity index (χ0) is 20.0. The van der Waals surface area contributed by atoms with Crippen molar-refractivity contribution in [1.82, 2.24) is 14.5 Å². The van der Waals surface area contributed by atoms with Gasteiger partial charge in [-0.3, -0.25) is 9.59 Å². The minimum Gasteiger partial charge on any atom is -0.350 e. The summed E-state index contributed by atoms with van der Waals surface area (Å²) < 4.78 is 26.4. The summed E-state index contributed by atoms with van der Waals surface area (Å²) in [4.78, 5) is 25.6. The van der Waals surface area contributed by atoms with Crippen molar-refractivity contribution in [1.29, 1.82) is 0 Å². The molecule has 2 amide bonds. The fourth-order valence-electron chi connectivity index (χ4n) is 2.90. The van der Waals surface area contributed by atoms with Crippen molar-refractivity contribution >= 4 is 32.9 Å². The highest BCUT2D eigenvalue weighted by Crippen LogP contribution is 2.20. The summed E-state index contributed by atoms with van der Waals surface area (Å²) in [5, 5.41) is 2.92. The van der Waals surface area contributed by atoms with E-state index in [1.165, 1.54) is 16.1 Å². The molecule has 150 valence electrons. The number of hydrogen-bond acceptors (Lipinski definition) is 5. The molecule has 0 aliphatic carbocycles. The SMILES string of the molecule is CCN(CC)S(=O)(=O)c1ccc(C(C)NC(=O)CCN2CCSC2=O)cc1. The zero-order valence-electron chi connectivity index (χ0n) is 16.0. The van der Waals surface area contributed by atoms with E-state index in [2.05, 4.69) is 5.32 Å². The van der Waals surface area contributed by atoms with E-state index in [-0.39, 0.29) is 28.5 Å². The topological polar surface area (TPSA) is 86.8 Å². The van der Waals surface area contributed by atoms with Gasteiger partial charge in [-0.05, 0) is 24.6 Å². The fourth-order valence-corrected chi connectivity index (χ4v) is 5.21.